The Bertz CT molecular complexity index is 579. The number of hydrogen-bond acceptors (Lipinski definition) is 3. The summed E-state index contributed by atoms with van der Waals surface area (Å²) in [4.78, 5) is 15.5. The third kappa shape index (κ3) is 2.25. The number of amides is 1. The van der Waals surface area contributed by atoms with E-state index in [0.717, 1.165) is 10.9 Å². The van der Waals surface area contributed by atoms with Gasteiger partial charge >= 0.3 is 0 Å². The molecule has 0 atom stereocenters. The van der Waals surface area contributed by atoms with Crippen molar-refractivity contribution in [2.24, 2.45) is 0 Å². The molecule has 86 valence electrons. The third-order valence-electron chi connectivity index (χ3n) is 2.34. The first-order valence-corrected chi connectivity index (χ1v) is 5.12. The van der Waals surface area contributed by atoms with E-state index in [1.807, 2.05) is 24.3 Å². The number of hydrogen-bond donors (Lipinski definition) is 1. The minimum absolute atomic E-state index is 0.285. The van der Waals surface area contributed by atoms with Crippen molar-refractivity contribution < 1.29 is 9.53 Å². The molecule has 0 aliphatic rings. The van der Waals surface area contributed by atoms with Crippen LogP contribution in [0.5, 0.6) is 5.75 Å². The number of pyridine rings is 1. The van der Waals surface area contributed by atoms with Gasteiger partial charge in [0.25, 0.3) is 0 Å². The molecule has 2 rings (SSSR count). The summed E-state index contributed by atoms with van der Waals surface area (Å²) in [6, 6.07) is 9.27. The molecule has 0 aliphatic heterocycles. The zero-order chi connectivity index (χ0) is 12.3. The van der Waals surface area contributed by atoms with E-state index in [4.69, 9.17) is 4.74 Å². The molecule has 1 heterocycles. The first-order chi connectivity index (χ1) is 8.24. The maximum Gasteiger partial charge on any atom is 0.248 e. The van der Waals surface area contributed by atoms with Gasteiger partial charge in [-0.1, -0.05) is 18.7 Å². The number of para-hydroxylation sites is 1. The first-order valence-electron chi connectivity index (χ1n) is 5.12. The van der Waals surface area contributed by atoms with Crippen LogP contribution in [-0.2, 0) is 4.79 Å². The highest BCUT2D eigenvalue weighted by Gasteiger charge is 2.04. The standard InChI is InChI=1S/C13H12N2O2/c1-3-12(16)14-11-8-7-9-5-4-6-10(17-2)13(9)15-11/h3-8H,1H2,2H3,(H,14,15,16). The number of methoxy groups -OCH3 is 1. The maximum absolute atomic E-state index is 11.2. The van der Waals surface area contributed by atoms with Gasteiger partial charge in [0, 0.05) is 5.39 Å². The number of fused-ring (bicyclic) bond motifs is 1. The van der Waals surface area contributed by atoms with Gasteiger partial charge in [-0.3, -0.25) is 4.79 Å². The average Bonchev–Trinajstić information content (AvgIpc) is 2.37. The number of nitrogens with one attached hydrogen (secondary N) is 1. The number of carbonyl (C=O) groups is 1. The second-order valence-electron chi connectivity index (χ2n) is 3.42. The van der Waals surface area contributed by atoms with Crippen LogP contribution in [0.1, 0.15) is 0 Å². The highest BCUT2D eigenvalue weighted by atomic mass is 16.5. The molecule has 2 aromatic rings. The fraction of sp³-hybridized carbons (Fsp3) is 0.0769. The van der Waals surface area contributed by atoms with E-state index >= 15 is 0 Å². The van der Waals surface area contributed by atoms with Crippen molar-refractivity contribution in [3.05, 3.63) is 43.0 Å². The largest absolute Gasteiger partial charge is 0.494 e. The summed E-state index contributed by atoms with van der Waals surface area (Å²) in [6.45, 7) is 3.39. The molecule has 1 aromatic heterocycles. The second-order valence-corrected chi connectivity index (χ2v) is 3.42. The van der Waals surface area contributed by atoms with Gasteiger partial charge in [-0.25, -0.2) is 4.98 Å². The zero-order valence-corrected chi connectivity index (χ0v) is 9.43. The highest BCUT2D eigenvalue weighted by Crippen LogP contribution is 2.24. The van der Waals surface area contributed by atoms with Crippen molar-refractivity contribution in [2.45, 2.75) is 0 Å². The van der Waals surface area contributed by atoms with Crippen LogP contribution in [0.4, 0.5) is 5.82 Å². The van der Waals surface area contributed by atoms with E-state index in [1.165, 1.54) is 6.08 Å². The van der Waals surface area contributed by atoms with Crippen LogP contribution in [0.15, 0.2) is 43.0 Å². The summed E-state index contributed by atoms with van der Waals surface area (Å²) < 4.78 is 5.22. The molecule has 1 aromatic carbocycles. The monoisotopic (exact) mass is 228 g/mol. The molecule has 0 radical (unpaired) electrons. The van der Waals surface area contributed by atoms with Crippen LogP contribution in [0.25, 0.3) is 10.9 Å². The number of aromatic nitrogens is 1. The maximum atomic E-state index is 11.2. The molecular formula is C13H12N2O2. The topological polar surface area (TPSA) is 51.2 Å². The van der Waals surface area contributed by atoms with Gasteiger partial charge in [0.1, 0.15) is 17.1 Å². The molecular weight excluding hydrogens is 216 g/mol. The van der Waals surface area contributed by atoms with Gasteiger partial charge in [0.15, 0.2) is 0 Å². The first kappa shape index (κ1) is 11.1. The molecule has 17 heavy (non-hydrogen) atoms. The van der Waals surface area contributed by atoms with E-state index in [1.54, 1.807) is 13.2 Å². The molecule has 0 unspecified atom stereocenters. The van der Waals surface area contributed by atoms with Gasteiger partial charge in [-0.2, -0.15) is 0 Å². The molecule has 4 heteroatoms. The average molecular weight is 228 g/mol. The van der Waals surface area contributed by atoms with Crippen LogP contribution in [-0.4, -0.2) is 18.0 Å². The van der Waals surface area contributed by atoms with Crippen LogP contribution >= 0.6 is 0 Å². The zero-order valence-electron chi connectivity index (χ0n) is 9.43. The van der Waals surface area contributed by atoms with Crippen LogP contribution < -0.4 is 10.1 Å². The molecule has 1 amide bonds. The molecule has 4 nitrogen and oxygen atoms in total. The molecule has 0 saturated heterocycles. The van der Waals surface area contributed by atoms with Crippen molar-refractivity contribution in [1.82, 2.24) is 4.98 Å². The summed E-state index contributed by atoms with van der Waals surface area (Å²) in [7, 11) is 1.59. The molecule has 0 saturated carbocycles. The quantitative estimate of drug-likeness (QED) is 0.820. The highest BCUT2D eigenvalue weighted by molar-refractivity contribution is 5.99. The normalized spacial score (nSPS) is 9.94. The molecule has 0 spiro atoms. The predicted molar refractivity (Wildman–Crippen MR) is 67.1 cm³/mol. The van der Waals surface area contributed by atoms with Gasteiger partial charge in [0.05, 0.1) is 7.11 Å². The van der Waals surface area contributed by atoms with Gasteiger partial charge in [0.2, 0.25) is 5.91 Å². The van der Waals surface area contributed by atoms with E-state index in [-0.39, 0.29) is 5.91 Å². The number of anilines is 1. The van der Waals surface area contributed by atoms with Gasteiger partial charge in [-0.05, 0) is 24.3 Å². The fourth-order valence-electron chi connectivity index (χ4n) is 1.53. The lowest BCUT2D eigenvalue weighted by Gasteiger charge is -2.06. The lowest BCUT2D eigenvalue weighted by molar-refractivity contribution is -0.111. The Morgan fingerprint density at radius 1 is 1.41 bits per heavy atom. The Morgan fingerprint density at radius 2 is 2.24 bits per heavy atom. The summed E-state index contributed by atoms with van der Waals surface area (Å²) in [5.41, 5.74) is 0.719. The van der Waals surface area contributed by atoms with E-state index in [0.29, 0.717) is 11.6 Å². The molecule has 0 bridgehead atoms. The number of ether oxygens (including phenoxy) is 1. The van der Waals surface area contributed by atoms with E-state index in [9.17, 15) is 4.79 Å². The number of carbonyl (C=O) groups excluding carboxylic acids is 1. The molecule has 0 fully saturated rings. The van der Waals surface area contributed by atoms with E-state index in [2.05, 4.69) is 16.9 Å². The van der Waals surface area contributed by atoms with Crippen molar-refractivity contribution in [3.8, 4) is 5.75 Å². The Labute approximate surface area is 98.9 Å². The molecule has 1 N–H and O–H groups in total. The van der Waals surface area contributed by atoms with Crippen LogP contribution in [0, 0.1) is 0 Å². The second kappa shape index (κ2) is 4.65. The summed E-state index contributed by atoms with van der Waals surface area (Å²) in [6.07, 6.45) is 1.20. The SMILES string of the molecule is C=CC(=O)Nc1ccc2cccc(OC)c2n1. The van der Waals surface area contributed by atoms with Crippen molar-refractivity contribution in [2.75, 3.05) is 12.4 Å². The smallest absolute Gasteiger partial charge is 0.248 e. The minimum atomic E-state index is -0.285. The summed E-state index contributed by atoms with van der Waals surface area (Å²) in [5, 5.41) is 3.57. The Morgan fingerprint density at radius 3 is 2.94 bits per heavy atom. The minimum Gasteiger partial charge on any atom is -0.494 e. The van der Waals surface area contributed by atoms with Crippen molar-refractivity contribution >= 4 is 22.6 Å². The lowest BCUT2D eigenvalue weighted by atomic mass is 10.2. The van der Waals surface area contributed by atoms with Gasteiger partial charge in [-0.15, -0.1) is 0 Å². The fourth-order valence-corrected chi connectivity index (χ4v) is 1.53. The molecule has 0 aliphatic carbocycles. The predicted octanol–water partition coefficient (Wildman–Crippen LogP) is 2.37. The lowest BCUT2D eigenvalue weighted by Crippen LogP contribution is -2.08. The third-order valence-corrected chi connectivity index (χ3v) is 2.34. The summed E-state index contributed by atoms with van der Waals surface area (Å²) in [5.74, 6) is 0.871. The van der Waals surface area contributed by atoms with E-state index < -0.39 is 0 Å². The number of nitrogens with zero attached hydrogens (tertiary/aromatic N) is 1. The van der Waals surface area contributed by atoms with Gasteiger partial charge < -0.3 is 10.1 Å². The van der Waals surface area contributed by atoms with Crippen molar-refractivity contribution in [3.63, 3.8) is 0 Å². The van der Waals surface area contributed by atoms with Crippen LogP contribution in [0.2, 0.25) is 0 Å². The Balaban J connectivity index is 2.48. The van der Waals surface area contributed by atoms with Crippen molar-refractivity contribution in [1.29, 1.82) is 0 Å². The Kier molecular flexibility index (Phi) is 3.05. The number of benzene rings is 1. The van der Waals surface area contributed by atoms with Crippen LogP contribution in [0.3, 0.4) is 0 Å². The summed E-state index contributed by atoms with van der Waals surface area (Å²) >= 11 is 0. The Hall–Kier alpha value is -2.36. The number of rotatable bonds is 3.